The van der Waals surface area contributed by atoms with Crippen LogP contribution < -0.4 is 15.2 Å². The molecule has 0 aliphatic carbocycles. The molecule has 3 aromatic carbocycles. The molecule has 0 spiro atoms. The summed E-state index contributed by atoms with van der Waals surface area (Å²) in [7, 11) is -7.78. The third-order valence-electron chi connectivity index (χ3n) is 4.43. The Morgan fingerprint density at radius 3 is 2.18 bits per heavy atom. The first-order valence-electron chi connectivity index (χ1n) is 9.14. The van der Waals surface area contributed by atoms with E-state index in [1.54, 1.807) is 0 Å². The summed E-state index contributed by atoms with van der Waals surface area (Å²) >= 11 is 1.08. The number of fused-ring (bicyclic) bond motifs is 1. The number of hydrogen-bond acceptors (Lipinski definition) is 7. The Morgan fingerprint density at radius 1 is 0.909 bits per heavy atom. The standard InChI is InChI=1S/C20H15FN4O5S3/c21-13-3-7-15(8-4-13)33(29,30)25-14-5-1-12(2-6-14)19(26)24-20-23-17-10-9-16(32(22,27)28)11-18(17)31-20/h1-11,25H,(H2,22,27,28)(H,23,24,26). The fraction of sp³-hybridized carbons (Fsp3) is 0. The SMILES string of the molecule is NS(=O)(=O)c1ccc2nc(NC(=O)c3ccc(NS(=O)(=O)c4ccc(F)cc4)cc3)sc2c1. The Hall–Kier alpha value is -3.39. The van der Waals surface area contributed by atoms with Crippen LogP contribution in [0.4, 0.5) is 15.2 Å². The number of aromatic nitrogens is 1. The van der Waals surface area contributed by atoms with Gasteiger partial charge in [0.2, 0.25) is 10.0 Å². The minimum absolute atomic E-state index is 0.0600. The van der Waals surface area contributed by atoms with Crippen LogP contribution in [0.25, 0.3) is 10.2 Å². The van der Waals surface area contributed by atoms with Crippen molar-refractivity contribution in [3.8, 4) is 0 Å². The fourth-order valence-corrected chi connectivity index (χ4v) is 5.40. The fourth-order valence-electron chi connectivity index (χ4n) is 2.82. The number of carbonyl (C=O) groups is 1. The van der Waals surface area contributed by atoms with Gasteiger partial charge in [-0.15, -0.1) is 0 Å². The van der Waals surface area contributed by atoms with E-state index in [2.05, 4.69) is 15.0 Å². The molecule has 4 N–H and O–H groups in total. The number of thiazole rings is 1. The monoisotopic (exact) mass is 506 g/mol. The van der Waals surface area contributed by atoms with Crippen LogP contribution in [0.3, 0.4) is 0 Å². The molecule has 0 aliphatic rings. The number of nitrogens with one attached hydrogen (secondary N) is 2. The van der Waals surface area contributed by atoms with Gasteiger partial charge in [0, 0.05) is 11.3 Å². The van der Waals surface area contributed by atoms with Crippen molar-refractivity contribution in [1.29, 1.82) is 0 Å². The highest BCUT2D eigenvalue weighted by molar-refractivity contribution is 7.92. The summed E-state index contributed by atoms with van der Waals surface area (Å²) in [6.45, 7) is 0. The molecule has 4 rings (SSSR count). The van der Waals surface area contributed by atoms with Gasteiger partial charge in [-0.25, -0.2) is 31.3 Å². The lowest BCUT2D eigenvalue weighted by molar-refractivity contribution is 0.102. The van der Waals surface area contributed by atoms with E-state index in [9.17, 15) is 26.0 Å². The molecule has 0 bridgehead atoms. The lowest BCUT2D eigenvalue weighted by Crippen LogP contribution is -2.14. The number of nitrogens with two attached hydrogens (primary N) is 1. The average Bonchev–Trinajstić information content (AvgIpc) is 3.15. The van der Waals surface area contributed by atoms with Crippen molar-refractivity contribution in [2.75, 3.05) is 10.0 Å². The molecule has 1 amide bonds. The minimum atomic E-state index is -3.92. The van der Waals surface area contributed by atoms with Gasteiger partial charge in [0.05, 0.1) is 20.0 Å². The highest BCUT2D eigenvalue weighted by Gasteiger charge is 2.16. The second-order valence-corrected chi connectivity index (χ2v) is 11.1. The topological polar surface area (TPSA) is 148 Å². The molecule has 0 aliphatic heterocycles. The van der Waals surface area contributed by atoms with Crippen molar-refractivity contribution in [2.24, 2.45) is 5.14 Å². The summed E-state index contributed by atoms with van der Waals surface area (Å²) in [4.78, 5) is 16.6. The third-order valence-corrected chi connectivity index (χ3v) is 7.67. The number of benzene rings is 3. The number of sulfonamides is 2. The molecule has 9 nitrogen and oxygen atoms in total. The molecule has 0 radical (unpaired) electrons. The first kappa shape index (κ1) is 22.8. The van der Waals surface area contributed by atoms with Gasteiger partial charge in [-0.2, -0.15) is 0 Å². The molecule has 4 aromatic rings. The van der Waals surface area contributed by atoms with Gasteiger partial charge >= 0.3 is 0 Å². The van der Waals surface area contributed by atoms with E-state index in [1.165, 1.54) is 42.5 Å². The Labute approximate surface area is 192 Å². The molecule has 33 heavy (non-hydrogen) atoms. The molecule has 1 heterocycles. The molecule has 170 valence electrons. The van der Waals surface area contributed by atoms with Crippen molar-refractivity contribution in [2.45, 2.75) is 9.79 Å². The molecule has 0 saturated heterocycles. The summed E-state index contributed by atoms with van der Waals surface area (Å²) in [5, 5.41) is 8.00. The van der Waals surface area contributed by atoms with E-state index in [-0.39, 0.29) is 26.2 Å². The number of anilines is 2. The second-order valence-electron chi connectivity index (χ2n) is 6.78. The van der Waals surface area contributed by atoms with Gasteiger partial charge in [-0.05, 0) is 66.7 Å². The van der Waals surface area contributed by atoms with Crippen molar-refractivity contribution in [3.63, 3.8) is 0 Å². The van der Waals surface area contributed by atoms with Crippen molar-refractivity contribution < 1.29 is 26.0 Å². The van der Waals surface area contributed by atoms with E-state index >= 15 is 0 Å². The summed E-state index contributed by atoms with van der Waals surface area (Å²) in [5.74, 6) is -1.05. The smallest absolute Gasteiger partial charge is 0.261 e. The Morgan fingerprint density at radius 2 is 1.55 bits per heavy atom. The van der Waals surface area contributed by atoms with Gasteiger partial charge in [0.1, 0.15) is 5.82 Å². The number of carbonyl (C=O) groups excluding carboxylic acids is 1. The van der Waals surface area contributed by atoms with Gasteiger partial charge in [-0.1, -0.05) is 11.3 Å². The van der Waals surface area contributed by atoms with Crippen LogP contribution in [0.15, 0.2) is 76.5 Å². The van der Waals surface area contributed by atoms with E-state index in [0.717, 1.165) is 35.6 Å². The number of hydrogen-bond donors (Lipinski definition) is 3. The van der Waals surface area contributed by atoms with Crippen LogP contribution in [0.5, 0.6) is 0 Å². The number of rotatable bonds is 6. The maximum Gasteiger partial charge on any atom is 0.261 e. The predicted molar refractivity (Wildman–Crippen MR) is 123 cm³/mol. The Kier molecular flexibility index (Phi) is 5.88. The number of primary sulfonamides is 1. The number of amides is 1. The Bertz CT molecular complexity index is 1570. The van der Waals surface area contributed by atoms with E-state index in [1.807, 2.05) is 0 Å². The molecule has 0 unspecified atom stereocenters. The average molecular weight is 507 g/mol. The van der Waals surface area contributed by atoms with E-state index in [0.29, 0.717) is 10.2 Å². The number of halogens is 1. The molecule has 13 heteroatoms. The second kappa shape index (κ2) is 8.51. The van der Waals surface area contributed by atoms with Crippen LogP contribution in [-0.4, -0.2) is 27.7 Å². The first-order chi connectivity index (χ1) is 15.5. The van der Waals surface area contributed by atoms with Crippen LogP contribution in [0.1, 0.15) is 10.4 Å². The quantitative estimate of drug-likeness (QED) is 0.366. The summed E-state index contributed by atoms with van der Waals surface area (Å²) < 4.78 is 63.6. The zero-order valence-corrected chi connectivity index (χ0v) is 19.0. The van der Waals surface area contributed by atoms with Crippen molar-refractivity contribution in [1.82, 2.24) is 4.98 Å². The summed E-state index contributed by atoms with van der Waals surface area (Å²) in [6.07, 6.45) is 0. The van der Waals surface area contributed by atoms with Crippen molar-refractivity contribution >= 4 is 58.3 Å². The van der Waals surface area contributed by atoms with Crippen LogP contribution in [0, 0.1) is 5.82 Å². The largest absolute Gasteiger partial charge is 0.298 e. The molecular formula is C20H15FN4O5S3. The van der Waals surface area contributed by atoms with E-state index < -0.39 is 31.8 Å². The van der Waals surface area contributed by atoms with Gasteiger partial charge < -0.3 is 0 Å². The predicted octanol–water partition coefficient (Wildman–Crippen LogP) is 3.14. The van der Waals surface area contributed by atoms with Crippen LogP contribution in [-0.2, 0) is 20.0 Å². The molecule has 0 saturated carbocycles. The van der Waals surface area contributed by atoms with Crippen LogP contribution >= 0.6 is 11.3 Å². The number of nitrogens with zero attached hydrogens (tertiary/aromatic N) is 1. The Balaban J connectivity index is 1.48. The zero-order valence-electron chi connectivity index (χ0n) is 16.5. The normalized spacial score (nSPS) is 11.9. The van der Waals surface area contributed by atoms with Crippen LogP contribution in [0.2, 0.25) is 0 Å². The lowest BCUT2D eigenvalue weighted by atomic mass is 10.2. The van der Waals surface area contributed by atoms with E-state index in [4.69, 9.17) is 5.14 Å². The zero-order chi connectivity index (χ0) is 23.8. The molecular weight excluding hydrogens is 491 g/mol. The molecule has 0 fully saturated rings. The molecule has 1 aromatic heterocycles. The maximum absolute atomic E-state index is 13.0. The van der Waals surface area contributed by atoms with Crippen molar-refractivity contribution in [3.05, 3.63) is 78.1 Å². The maximum atomic E-state index is 13.0. The summed E-state index contributed by atoms with van der Waals surface area (Å²) in [6, 6.07) is 14.2. The van der Waals surface area contributed by atoms with Gasteiger partial charge in [0.15, 0.2) is 5.13 Å². The van der Waals surface area contributed by atoms with Gasteiger partial charge in [-0.3, -0.25) is 14.8 Å². The third kappa shape index (κ3) is 5.17. The first-order valence-corrected chi connectivity index (χ1v) is 13.0. The molecule has 0 atom stereocenters. The van der Waals surface area contributed by atoms with Gasteiger partial charge in [0.25, 0.3) is 15.9 Å². The highest BCUT2D eigenvalue weighted by atomic mass is 32.2. The summed E-state index contributed by atoms with van der Waals surface area (Å²) in [5.41, 5.74) is 0.948. The minimum Gasteiger partial charge on any atom is -0.298 e. The highest BCUT2D eigenvalue weighted by Crippen LogP contribution is 2.28. The lowest BCUT2D eigenvalue weighted by Gasteiger charge is -2.09.